The summed E-state index contributed by atoms with van der Waals surface area (Å²) in [5.74, 6) is -1.96. The van der Waals surface area contributed by atoms with Crippen LogP contribution in [0.3, 0.4) is 0 Å². The second kappa shape index (κ2) is 14.7. The van der Waals surface area contributed by atoms with Gasteiger partial charge in [-0.1, -0.05) is 74.5 Å². The Labute approximate surface area is 257 Å². The third kappa shape index (κ3) is 8.50. The second-order valence-electron chi connectivity index (χ2n) is 10.8. The van der Waals surface area contributed by atoms with Crippen LogP contribution in [0.4, 0.5) is 14.5 Å². The van der Waals surface area contributed by atoms with Crippen LogP contribution in [-0.4, -0.2) is 44.3 Å². The molecule has 0 spiro atoms. The van der Waals surface area contributed by atoms with Crippen molar-refractivity contribution in [3.8, 4) is 0 Å². The van der Waals surface area contributed by atoms with E-state index in [0.717, 1.165) is 22.0 Å². The number of hydrogen-bond acceptors (Lipinski definition) is 4. The molecule has 0 aliphatic rings. The number of amides is 2. The fourth-order valence-corrected chi connectivity index (χ4v) is 6.05. The highest BCUT2D eigenvalue weighted by atomic mass is 32.2. The first-order chi connectivity index (χ1) is 21.0. The lowest BCUT2D eigenvalue weighted by atomic mass is 10.0. The number of nitrogens with one attached hydrogen (secondary N) is 1. The summed E-state index contributed by atoms with van der Waals surface area (Å²) in [6, 6.07) is 26.1. The summed E-state index contributed by atoms with van der Waals surface area (Å²) in [5.41, 5.74) is 1.42. The smallest absolute Gasteiger partial charge is 0.264 e. The first-order valence-corrected chi connectivity index (χ1v) is 15.7. The largest absolute Gasteiger partial charge is 0.354 e. The molecule has 0 radical (unpaired) electrons. The Morgan fingerprint density at radius 2 is 1.30 bits per heavy atom. The maximum Gasteiger partial charge on any atom is 0.264 e. The van der Waals surface area contributed by atoms with Gasteiger partial charge in [0.1, 0.15) is 24.2 Å². The first-order valence-electron chi connectivity index (χ1n) is 14.2. The molecule has 0 aliphatic carbocycles. The van der Waals surface area contributed by atoms with Crippen LogP contribution < -0.4 is 9.62 Å². The molecule has 4 aromatic carbocycles. The number of carbonyl (C=O) groups excluding carboxylic acids is 2. The zero-order chi connectivity index (χ0) is 31.7. The quantitative estimate of drug-likeness (QED) is 0.212. The summed E-state index contributed by atoms with van der Waals surface area (Å²) in [5, 5.41) is 2.91. The van der Waals surface area contributed by atoms with E-state index < -0.39 is 46.1 Å². The molecule has 0 aliphatic heterocycles. The first kappa shape index (κ1) is 32.3. The minimum Gasteiger partial charge on any atom is -0.354 e. The Morgan fingerprint density at radius 3 is 1.86 bits per heavy atom. The predicted molar refractivity (Wildman–Crippen MR) is 166 cm³/mol. The summed E-state index contributed by atoms with van der Waals surface area (Å²) in [4.78, 5) is 29.3. The monoisotopic (exact) mass is 619 g/mol. The van der Waals surface area contributed by atoms with Crippen LogP contribution in [-0.2, 0) is 32.6 Å². The van der Waals surface area contributed by atoms with Crippen LogP contribution in [0.1, 0.15) is 25.0 Å². The molecule has 44 heavy (non-hydrogen) atoms. The topological polar surface area (TPSA) is 86.8 Å². The summed E-state index contributed by atoms with van der Waals surface area (Å²) in [6.07, 6.45) is 0.152. The zero-order valence-electron chi connectivity index (χ0n) is 24.6. The van der Waals surface area contributed by atoms with Crippen molar-refractivity contribution in [3.05, 3.63) is 132 Å². The van der Waals surface area contributed by atoms with Crippen molar-refractivity contribution in [1.82, 2.24) is 10.2 Å². The van der Waals surface area contributed by atoms with Gasteiger partial charge in [-0.2, -0.15) is 0 Å². The summed E-state index contributed by atoms with van der Waals surface area (Å²) < 4.78 is 56.3. The van der Waals surface area contributed by atoms with E-state index in [2.05, 4.69) is 5.32 Å². The molecule has 1 N–H and O–H groups in total. The molecule has 7 nitrogen and oxygen atoms in total. The highest BCUT2D eigenvalue weighted by Gasteiger charge is 2.34. The minimum atomic E-state index is -4.29. The van der Waals surface area contributed by atoms with Gasteiger partial charge in [-0.15, -0.1) is 0 Å². The van der Waals surface area contributed by atoms with Gasteiger partial charge in [0.15, 0.2) is 0 Å². The minimum absolute atomic E-state index is 0.0577. The van der Waals surface area contributed by atoms with E-state index in [1.165, 1.54) is 53.4 Å². The average Bonchev–Trinajstić information content (AvgIpc) is 3.02. The summed E-state index contributed by atoms with van der Waals surface area (Å²) >= 11 is 0. The van der Waals surface area contributed by atoms with Crippen LogP contribution in [0.15, 0.2) is 114 Å². The lowest BCUT2D eigenvalue weighted by Crippen LogP contribution is -2.53. The third-order valence-corrected chi connectivity index (χ3v) is 8.73. The number of hydrogen-bond donors (Lipinski definition) is 1. The Balaban J connectivity index is 1.78. The van der Waals surface area contributed by atoms with E-state index in [-0.39, 0.29) is 29.5 Å². The van der Waals surface area contributed by atoms with Gasteiger partial charge in [-0.25, -0.2) is 17.2 Å². The molecular weight excluding hydrogens is 584 g/mol. The number of halogens is 2. The van der Waals surface area contributed by atoms with Gasteiger partial charge in [0.25, 0.3) is 10.0 Å². The molecular formula is C34H35F2N3O4S. The van der Waals surface area contributed by atoms with E-state index in [1.807, 2.05) is 44.2 Å². The fourth-order valence-electron chi connectivity index (χ4n) is 4.62. The lowest BCUT2D eigenvalue weighted by Gasteiger charge is -2.34. The summed E-state index contributed by atoms with van der Waals surface area (Å²) in [6.45, 7) is 3.50. The second-order valence-corrected chi connectivity index (χ2v) is 12.7. The van der Waals surface area contributed by atoms with Gasteiger partial charge >= 0.3 is 0 Å². The normalized spacial score (nSPS) is 12.0. The molecule has 0 saturated carbocycles. The highest BCUT2D eigenvalue weighted by Crippen LogP contribution is 2.25. The van der Waals surface area contributed by atoms with Gasteiger partial charge in [-0.3, -0.25) is 13.9 Å². The van der Waals surface area contributed by atoms with Crippen molar-refractivity contribution >= 4 is 27.5 Å². The van der Waals surface area contributed by atoms with Crippen LogP contribution >= 0.6 is 0 Å². The predicted octanol–water partition coefficient (Wildman–Crippen LogP) is 5.57. The number of anilines is 1. The Bertz CT molecular complexity index is 1630. The zero-order valence-corrected chi connectivity index (χ0v) is 25.4. The molecule has 1 atom stereocenters. The average molecular weight is 620 g/mol. The standard InChI is InChI=1S/C34H35F2N3O4S/c1-25(2)22-37-34(41)32(21-26-9-5-3-6-10-26)38(23-27-13-15-28(35)16-14-27)33(40)24-39(30-19-17-29(36)18-20-30)44(42,43)31-11-7-4-8-12-31/h3-20,25,32H,21-24H2,1-2H3,(H,37,41)/t32-/m0/s1. The van der Waals surface area contributed by atoms with Crippen molar-refractivity contribution in [2.45, 2.75) is 37.8 Å². The number of nitrogens with zero attached hydrogens (tertiary/aromatic N) is 2. The Kier molecular flexibility index (Phi) is 10.8. The Morgan fingerprint density at radius 1 is 0.750 bits per heavy atom. The molecule has 4 rings (SSSR count). The maximum absolute atomic E-state index is 14.3. The summed E-state index contributed by atoms with van der Waals surface area (Å²) in [7, 11) is -4.29. The highest BCUT2D eigenvalue weighted by molar-refractivity contribution is 7.92. The SMILES string of the molecule is CC(C)CNC(=O)[C@H](Cc1ccccc1)N(Cc1ccc(F)cc1)C(=O)CN(c1ccc(F)cc1)S(=O)(=O)c1ccccc1. The van der Waals surface area contributed by atoms with E-state index in [0.29, 0.717) is 12.1 Å². The van der Waals surface area contributed by atoms with E-state index in [4.69, 9.17) is 0 Å². The van der Waals surface area contributed by atoms with E-state index in [9.17, 15) is 26.8 Å². The molecule has 0 bridgehead atoms. The van der Waals surface area contributed by atoms with E-state index >= 15 is 0 Å². The van der Waals surface area contributed by atoms with Gasteiger partial charge in [0.05, 0.1) is 10.6 Å². The molecule has 230 valence electrons. The van der Waals surface area contributed by atoms with Crippen molar-refractivity contribution in [2.75, 3.05) is 17.4 Å². The maximum atomic E-state index is 14.3. The van der Waals surface area contributed by atoms with Gasteiger partial charge in [0, 0.05) is 19.5 Å². The molecule has 0 fully saturated rings. The molecule has 0 saturated heterocycles. The molecule has 4 aromatic rings. The number of sulfonamides is 1. The number of benzene rings is 4. The number of carbonyl (C=O) groups is 2. The van der Waals surface area contributed by atoms with Crippen molar-refractivity contribution in [2.24, 2.45) is 5.92 Å². The third-order valence-electron chi connectivity index (χ3n) is 6.95. The molecule has 0 heterocycles. The molecule has 0 unspecified atom stereocenters. The molecule has 2 amide bonds. The van der Waals surface area contributed by atoms with Crippen molar-refractivity contribution in [3.63, 3.8) is 0 Å². The van der Waals surface area contributed by atoms with E-state index in [1.54, 1.807) is 18.2 Å². The number of rotatable bonds is 13. The van der Waals surface area contributed by atoms with Crippen LogP contribution in [0, 0.1) is 17.6 Å². The van der Waals surface area contributed by atoms with Gasteiger partial charge in [-0.05, 0) is 65.6 Å². The van der Waals surface area contributed by atoms with Crippen LogP contribution in [0.25, 0.3) is 0 Å². The van der Waals surface area contributed by atoms with Crippen molar-refractivity contribution < 1.29 is 26.8 Å². The molecule has 0 aromatic heterocycles. The van der Waals surface area contributed by atoms with Crippen molar-refractivity contribution in [1.29, 1.82) is 0 Å². The van der Waals surface area contributed by atoms with Crippen LogP contribution in [0.2, 0.25) is 0 Å². The van der Waals surface area contributed by atoms with Gasteiger partial charge in [0.2, 0.25) is 11.8 Å². The fraction of sp³-hybridized carbons (Fsp3) is 0.235. The molecule has 10 heteroatoms. The van der Waals surface area contributed by atoms with Gasteiger partial charge < -0.3 is 10.2 Å². The Hall–Kier alpha value is -4.57. The lowest BCUT2D eigenvalue weighted by molar-refractivity contribution is -0.140. The van der Waals surface area contributed by atoms with Crippen LogP contribution in [0.5, 0.6) is 0 Å².